The Morgan fingerprint density at radius 3 is 2.29 bits per heavy atom. The van der Waals surface area contributed by atoms with Gasteiger partial charge in [-0.1, -0.05) is 12.1 Å². The Labute approximate surface area is 144 Å². The fourth-order valence-electron chi connectivity index (χ4n) is 3.06. The van der Waals surface area contributed by atoms with Gasteiger partial charge in [0.25, 0.3) is 0 Å². The highest BCUT2D eigenvalue weighted by atomic mass is 32.2. The summed E-state index contributed by atoms with van der Waals surface area (Å²) >= 11 is 0. The predicted octanol–water partition coefficient (Wildman–Crippen LogP) is 3.35. The standard InChI is InChI=1S/C19H22FNO2S/c20-16-3-1-15(2-4-16)9-12-21-13-10-19(11-14-21)24(23)18-7-5-17(22)6-8-18/h1-8,19,22H,9-14H2. The van der Waals surface area contributed by atoms with Gasteiger partial charge in [0, 0.05) is 16.7 Å². The Kier molecular flexibility index (Phi) is 5.63. The third-order valence-corrected chi connectivity index (χ3v) is 6.35. The molecule has 0 bridgehead atoms. The summed E-state index contributed by atoms with van der Waals surface area (Å²) in [6.45, 7) is 2.83. The predicted molar refractivity (Wildman–Crippen MR) is 94.1 cm³/mol. The van der Waals surface area contributed by atoms with Gasteiger partial charge in [-0.25, -0.2) is 4.39 Å². The van der Waals surface area contributed by atoms with Crippen molar-refractivity contribution in [2.24, 2.45) is 0 Å². The normalized spacial score (nSPS) is 17.7. The van der Waals surface area contributed by atoms with Crippen molar-refractivity contribution in [1.82, 2.24) is 4.90 Å². The van der Waals surface area contributed by atoms with Crippen LogP contribution in [0.5, 0.6) is 5.75 Å². The fourth-order valence-corrected chi connectivity index (χ4v) is 4.49. The molecule has 3 rings (SSSR count). The number of piperidine rings is 1. The molecule has 24 heavy (non-hydrogen) atoms. The zero-order valence-corrected chi connectivity index (χ0v) is 14.3. The van der Waals surface area contributed by atoms with Gasteiger partial charge < -0.3 is 10.0 Å². The zero-order chi connectivity index (χ0) is 16.9. The van der Waals surface area contributed by atoms with Crippen LogP contribution in [0.3, 0.4) is 0 Å². The third kappa shape index (κ3) is 4.42. The molecule has 0 amide bonds. The monoisotopic (exact) mass is 347 g/mol. The quantitative estimate of drug-likeness (QED) is 0.902. The molecule has 0 aliphatic carbocycles. The molecular weight excluding hydrogens is 325 g/mol. The van der Waals surface area contributed by atoms with E-state index in [1.165, 1.54) is 12.1 Å². The number of likely N-dealkylation sites (tertiary alicyclic amines) is 1. The van der Waals surface area contributed by atoms with Gasteiger partial charge in [0.05, 0.1) is 10.8 Å². The Bertz CT molecular complexity index is 680. The van der Waals surface area contributed by atoms with Crippen molar-refractivity contribution in [3.8, 4) is 5.75 Å². The minimum absolute atomic E-state index is 0.177. The summed E-state index contributed by atoms with van der Waals surface area (Å²) < 4.78 is 25.5. The van der Waals surface area contributed by atoms with E-state index in [2.05, 4.69) is 4.90 Å². The number of halogens is 1. The van der Waals surface area contributed by atoms with Crippen molar-refractivity contribution in [3.63, 3.8) is 0 Å². The molecule has 1 fully saturated rings. The van der Waals surface area contributed by atoms with Crippen molar-refractivity contribution in [1.29, 1.82) is 0 Å². The lowest BCUT2D eigenvalue weighted by Gasteiger charge is -2.31. The maximum absolute atomic E-state index is 12.9. The van der Waals surface area contributed by atoms with Crippen molar-refractivity contribution in [2.45, 2.75) is 29.4 Å². The van der Waals surface area contributed by atoms with E-state index in [1.807, 2.05) is 12.1 Å². The highest BCUT2D eigenvalue weighted by Gasteiger charge is 2.24. The molecule has 1 unspecified atom stereocenters. The summed E-state index contributed by atoms with van der Waals surface area (Å²) in [5.41, 5.74) is 1.14. The number of rotatable bonds is 5. The molecule has 0 spiro atoms. The SMILES string of the molecule is O=S(c1ccc(O)cc1)C1CCN(CCc2ccc(F)cc2)CC1. The number of aromatic hydroxyl groups is 1. The molecule has 128 valence electrons. The number of hydrogen-bond acceptors (Lipinski definition) is 3. The van der Waals surface area contributed by atoms with Crippen LogP contribution in [0.15, 0.2) is 53.4 Å². The number of hydrogen-bond donors (Lipinski definition) is 1. The first kappa shape index (κ1) is 17.1. The molecule has 1 atom stereocenters. The largest absolute Gasteiger partial charge is 0.508 e. The van der Waals surface area contributed by atoms with E-state index in [4.69, 9.17) is 0 Å². The van der Waals surface area contributed by atoms with Crippen LogP contribution in [0.2, 0.25) is 0 Å². The van der Waals surface area contributed by atoms with Crippen LogP contribution < -0.4 is 0 Å². The Hall–Kier alpha value is -1.72. The minimum atomic E-state index is -1.02. The third-order valence-electron chi connectivity index (χ3n) is 4.54. The van der Waals surface area contributed by atoms with Gasteiger partial charge in [-0.05, 0) is 74.3 Å². The van der Waals surface area contributed by atoms with Gasteiger partial charge in [-0.15, -0.1) is 0 Å². The van der Waals surface area contributed by atoms with Gasteiger partial charge >= 0.3 is 0 Å². The number of benzene rings is 2. The molecule has 1 N–H and O–H groups in total. The Balaban J connectivity index is 1.47. The molecule has 1 aliphatic rings. The molecule has 0 saturated carbocycles. The second-order valence-corrected chi connectivity index (χ2v) is 7.94. The van der Waals surface area contributed by atoms with E-state index in [-0.39, 0.29) is 16.8 Å². The molecule has 1 saturated heterocycles. The van der Waals surface area contributed by atoms with E-state index in [0.29, 0.717) is 0 Å². The van der Waals surface area contributed by atoms with Crippen molar-refractivity contribution in [2.75, 3.05) is 19.6 Å². The fraction of sp³-hybridized carbons (Fsp3) is 0.368. The van der Waals surface area contributed by atoms with Crippen LogP contribution in [0.1, 0.15) is 18.4 Å². The molecule has 5 heteroatoms. The van der Waals surface area contributed by atoms with Gasteiger partial charge in [0.1, 0.15) is 11.6 Å². The van der Waals surface area contributed by atoms with E-state index in [1.54, 1.807) is 24.3 Å². The molecule has 1 aliphatic heterocycles. The van der Waals surface area contributed by atoms with Crippen LogP contribution in [0, 0.1) is 5.82 Å². The first-order valence-electron chi connectivity index (χ1n) is 8.28. The Morgan fingerprint density at radius 1 is 1.04 bits per heavy atom. The molecule has 0 radical (unpaired) electrons. The van der Waals surface area contributed by atoms with Gasteiger partial charge in [0.2, 0.25) is 0 Å². The van der Waals surface area contributed by atoms with Crippen molar-refractivity contribution in [3.05, 3.63) is 59.9 Å². The summed E-state index contributed by atoms with van der Waals surface area (Å²) in [5, 5.41) is 9.50. The van der Waals surface area contributed by atoms with Gasteiger partial charge in [-0.2, -0.15) is 0 Å². The van der Waals surface area contributed by atoms with E-state index in [0.717, 1.165) is 49.4 Å². The highest BCUT2D eigenvalue weighted by molar-refractivity contribution is 7.85. The topological polar surface area (TPSA) is 40.5 Å². The highest BCUT2D eigenvalue weighted by Crippen LogP contribution is 2.22. The Morgan fingerprint density at radius 2 is 1.67 bits per heavy atom. The van der Waals surface area contributed by atoms with Crippen LogP contribution in [0.25, 0.3) is 0 Å². The van der Waals surface area contributed by atoms with Gasteiger partial charge in [-0.3, -0.25) is 4.21 Å². The van der Waals surface area contributed by atoms with Crippen LogP contribution in [0.4, 0.5) is 4.39 Å². The van der Waals surface area contributed by atoms with Crippen LogP contribution in [-0.2, 0) is 17.2 Å². The molecular formula is C19H22FNO2S. The maximum atomic E-state index is 12.9. The van der Waals surface area contributed by atoms with Crippen molar-refractivity contribution >= 4 is 10.8 Å². The summed E-state index contributed by atoms with van der Waals surface area (Å²) in [6.07, 6.45) is 2.74. The average molecular weight is 347 g/mol. The van der Waals surface area contributed by atoms with E-state index in [9.17, 15) is 13.7 Å². The summed E-state index contributed by atoms with van der Waals surface area (Å²) in [5.74, 6) is 0.00244. The van der Waals surface area contributed by atoms with E-state index < -0.39 is 10.8 Å². The second kappa shape index (κ2) is 7.90. The van der Waals surface area contributed by atoms with Crippen molar-refractivity contribution < 1.29 is 13.7 Å². The maximum Gasteiger partial charge on any atom is 0.123 e. The zero-order valence-electron chi connectivity index (χ0n) is 13.5. The van der Waals surface area contributed by atoms with E-state index >= 15 is 0 Å². The average Bonchev–Trinajstić information content (AvgIpc) is 2.62. The molecule has 3 nitrogen and oxygen atoms in total. The summed E-state index contributed by atoms with van der Waals surface area (Å²) in [7, 11) is -1.02. The molecule has 1 heterocycles. The van der Waals surface area contributed by atoms with Gasteiger partial charge in [0.15, 0.2) is 0 Å². The smallest absolute Gasteiger partial charge is 0.123 e. The molecule has 2 aromatic rings. The lowest BCUT2D eigenvalue weighted by molar-refractivity contribution is 0.234. The molecule has 0 aromatic heterocycles. The lowest BCUT2D eigenvalue weighted by Crippen LogP contribution is -2.38. The first-order chi connectivity index (χ1) is 11.6. The number of phenols is 1. The summed E-state index contributed by atoms with van der Waals surface area (Å²) in [6, 6.07) is 13.3. The number of phenolic OH excluding ortho intramolecular Hbond substituents is 1. The lowest BCUT2D eigenvalue weighted by atomic mass is 10.1. The first-order valence-corrected chi connectivity index (χ1v) is 9.49. The van der Waals surface area contributed by atoms with Crippen LogP contribution in [-0.4, -0.2) is 39.1 Å². The second-order valence-electron chi connectivity index (χ2n) is 6.21. The molecule has 2 aromatic carbocycles. The minimum Gasteiger partial charge on any atom is -0.508 e. The summed E-state index contributed by atoms with van der Waals surface area (Å²) in [4.78, 5) is 3.17. The number of nitrogens with zero attached hydrogens (tertiary/aromatic N) is 1. The van der Waals surface area contributed by atoms with Crippen LogP contribution >= 0.6 is 0 Å².